The van der Waals surface area contributed by atoms with E-state index >= 15 is 0 Å². The summed E-state index contributed by atoms with van der Waals surface area (Å²) in [6, 6.07) is 7.16. The van der Waals surface area contributed by atoms with Gasteiger partial charge in [-0.25, -0.2) is 0 Å². The van der Waals surface area contributed by atoms with Crippen LogP contribution in [-0.2, 0) is 0 Å². The van der Waals surface area contributed by atoms with Gasteiger partial charge in [0.25, 0.3) is 0 Å². The van der Waals surface area contributed by atoms with E-state index in [4.69, 9.17) is 11.6 Å². The van der Waals surface area contributed by atoms with Crippen LogP contribution in [0.1, 0.15) is 16.6 Å². The van der Waals surface area contributed by atoms with Crippen LogP contribution in [0.25, 0.3) is 0 Å². The second-order valence-electron chi connectivity index (χ2n) is 3.56. The van der Waals surface area contributed by atoms with Gasteiger partial charge in [0.15, 0.2) is 0 Å². The quantitative estimate of drug-likeness (QED) is 0.896. The Labute approximate surface area is 108 Å². The first-order chi connectivity index (χ1) is 8.19. The summed E-state index contributed by atoms with van der Waals surface area (Å²) in [6.07, 6.45) is 0. The number of anilines is 1. The summed E-state index contributed by atoms with van der Waals surface area (Å²) < 4.78 is 0. The van der Waals surface area contributed by atoms with Crippen molar-refractivity contribution in [2.75, 3.05) is 11.9 Å². The van der Waals surface area contributed by atoms with E-state index < -0.39 is 0 Å². The summed E-state index contributed by atoms with van der Waals surface area (Å²) in [6.45, 7) is 1.87. The van der Waals surface area contributed by atoms with Gasteiger partial charge in [0, 0.05) is 5.02 Å². The maximum Gasteiger partial charge on any atom is 0.206 e. The lowest BCUT2D eigenvalue weighted by atomic mass is 10.1. The highest BCUT2D eigenvalue weighted by atomic mass is 35.5. The summed E-state index contributed by atoms with van der Waals surface area (Å²) in [5.41, 5.74) is 0.963. The molecule has 4 nitrogen and oxygen atoms in total. The minimum absolute atomic E-state index is 0.0136. The molecular formula is C11H12ClN3OS. The molecule has 0 saturated heterocycles. The Morgan fingerprint density at radius 1 is 1.35 bits per heavy atom. The van der Waals surface area contributed by atoms with Gasteiger partial charge >= 0.3 is 0 Å². The Morgan fingerprint density at radius 2 is 2.06 bits per heavy atom. The molecule has 2 aromatic rings. The molecule has 0 saturated carbocycles. The van der Waals surface area contributed by atoms with Gasteiger partial charge in [-0.05, 0) is 24.6 Å². The zero-order chi connectivity index (χ0) is 12.3. The number of nitrogens with one attached hydrogen (secondary N) is 1. The molecule has 1 aromatic heterocycles. The standard InChI is InChI=1S/C11H12ClN3OS/c1-7-14-15-11(17-7)13-10(6-16)8-2-4-9(12)5-3-8/h2-5,10,16H,6H2,1H3,(H,13,15). The van der Waals surface area contributed by atoms with Crippen molar-refractivity contribution in [2.45, 2.75) is 13.0 Å². The molecule has 0 radical (unpaired) electrons. The Kier molecular flexibility index (Phi) is 3.93. The van der Waals surface area contributed by atoms with E-state index in [-0.39, 0.29) is 12.6 Å². The van der Waals surface area contributed by atoms with E-state index in [2.05, 4.69) is 15.5 Å². The van der Waals surface area contributed by atoms with Crippen molar-refractivity contribution in [3.05, 3.63) is 39.9 Å². The van der Waals surface area contributed by atoms with E-state index in [1.54, 1.807) is 12.1 Å². The molecule has 0 aliphatic rings. The first-order valence-corrected chi connectivity index (χ1v) is 6.31. The molecule has 1 heterocycles. The van der Waals surface area contributed by atoms with E-state index in [1.165, 1.54) is 11.3 Å². The third-order valence-electron chi connectivity index (χ3n) is 2.28. The minimum Gasteiger partial charge on any atom is -0.394 e. The Hall–Kier alpha value is -1.17. The van der Waals surface area contributed by atoms with Crippen LogP contribution in [0.3, 0.4) is 0 Å². The highest BCUT2D eigenvalue weighted by Gasteiger charge is 2.12. The van der Waals surface area contributed by atoms with E-state index in [1.807, 2.05) is 19.1 Å². The van der Waals surface area contributed by atoms with Gasteiger partial charge in [-0.3, -0.25) is 0 Å². The van der Waals surface area contributed by atoms with Crippen LogP contribution in [0.4, 0.5) is 5.13 Å². The average Bonchev–Trinajstić information content (AvgIpc) is 2.73. The first-order valence-electron chi connectivity index (χ1n) is 5.12. The molecule has 0 aliphatic heterocycles. The molecular weight excluding hydrogens is 258 g/mol. The molecule has 0 fully saturated rings. The third-order valence-corrected chi connectivity index (χ3v) is 3.30. The van der Waals surface area contributed by atoms with E-state index in [0.29, 0.717) is 10.2 Å². The van der Waals surface area contributed by atoms with Gasteiger partial charge in [0.05, 0.1) is 12.6 Å². The average molecular weight is 270 g/mol. The second kappa shape index (κ2) is 5.44. The fourth-order valence-corrected chi connectivity index (χ4v) is 2.20. The third kappa shape index (κ3) is 3.15. The number of aliphatic hydroxyl groups is 1. The largest absolute Gasteiger partial charge is 0.394 e. The van der Waals surface area contributed by atoms with Crippen LogP contribution in [0, 0.1) is 6.92 Å². The maximum atomic E-state index is 9.38. The van der Waals surface area contributed by atoms with Crippen molar-refractivity contribution in [1.29, 1.82) is 0 Å². The molecule has 1 unspecified atom stereocenters. The fraction of sp³-hybridized carbons (Fsp3) is 0.273. The van der Waals surface area contributed by atoms with Crippen LogP contribution < -0.4 is 5.32 Å². The molecule has 17 heavy (non-hydrogen) atoms. The molecule has 90 valence electrons. The van der Waals surface area contributed by atoms with Crippen LogP contribution in [0.15, 0.2) is 24.3 Å². The predicted molar refractivity (Wildman–Crippen MR) is 69.5 cm³/mol. The zero-order valence-electron chi connectivity index (χ0n) is 9.22. The molecule has 2 rings (SSSR count). The van der Waals surface area contributed by atoms with Crippen molar-refractivity contribution in [3.8, 4) is 0 Å². The van der Waals surface area contributed by atoms with Crippen molar-refractivity contribution in [3.63, 3.8) is 0 Å². The number of halogens is 1. The van der Waals surface area contributed by atoms with E-state index in [0.717, 1.165) is 10.6 Å². The Balaban J connectivity index is 2.13. The van der Waals surface area contributed by atoms with Gasteiger partial charge in [-0.1, -0.05) is 35.1 Å². The molecule has 1 aromatic carbocycles. The number of benzene rings is 1. The molecule has 0 bridgehead atoms. The van der Waals surface area contributed by atoms with Crippen molar-refractivity contribution < 1.29 is 5.11 Å². The number of hydrogen-bond acceptors (Lipinski definition) is 5. The normalized spacial score (nSPS) is 12.4. The topological polar surface area (TPSA) is 58.0 Å². The summed E-state index contributed by atoms with van der Waals surface area (Å²) >= 11 is 7.28. The van der Waals surface area contributed by atoms with Gasteiger partial charge in [-0.2, -0.15) is 0 Å². The van der Waals surface area contributed by atoms with Gasteiger partial charge in [0.1, 0.15) is 5.01 Å². The molecule has 2 N–H and O–H groups in total. The number of hydrogen-bond donors (Lipinski definition) is 2. The lowest BCUT2D eigenvalue weighted by Crippen LogP contribution is -2.14. The summed E-state index contributed by atoms with van der Waals surface area (Å²) in [5, 5.41) is 22.7. The molecule has 6 heteroatoms. The summed E-state index contributed by atoms with van der Waals surface area (Å²) in [4.78, 5) is 0. The minimum atomic E-state index is -0.195. The van der Waals surface area contributed by atoms with Gasteiger partial charge in [-0.15, -0.1) is 10.2 Å². The second-order valence-corrected chi connectivity index (χ2v) is 5.18. The highest BCUT2D eigenvalue weighted by Crippen LogP contribution is 2.23. The summed E-state index contributed by atoms with van der Waals surface area (Å²) in [5.74, 6) is 0. The lowest BCUT2D eigenvalue weighted by Gasteiger charge is -2.15. The highest BCUT2D eigenvalue weighted by molar-refractivity contribution is 7.15. The molecule has 0 amide bonds. The number of aliphatic hydroxyl groups excluding tert-OH is 1. The summed E-state index contributed by atoms with van der Waals surface area (Å²) in [7, 11) is 0. The number of aromatic nitrogens is 2. The lowest BCUT2D eigenvalue weighted by molar-refractivity contribution is 0.276. The SMILES string of the molecule is Cc1nnc(NC(CO)c2ccc(Cl)cc2)s1. The molecule has 0 spiro atoms. The smallest absolute Gasteiger partial charge is 0.206 e. The Morgan fingerprint density at radius 3 is 2.59 bits per heavy atom. The zero-order valence-corrected chi connectivity index (χ0v) is 10.8. The van der Waals surface area contributed by atoms with Crippen LogP contribution in [-0.4, -0.2) is 21.9 Å². The first kappa shape index (κ1) is 12.3. The number of rotatable bonds is 4. The molecule has 1 atom stereocenters. The monoisotopic (exact) mass is 269 g/mol. The predicted octanol–water partition coefficient (Wildman–Crippen LogP) is 2.65. The van der Waals surface area contributed by atoms with Crippen molar-refractivity contribution in [1.82, 2.24) is 10.2 Å². The van der Waals surface area contributed by atoms with Crippen molar-refractivity contribution in [2.24, 2.45) is 0 Å². The van der Waals surface area contributed by atoms with Crippen molar-refractivity contribution >= 4 is 28.1 Å². The van der Waals surface area contributed by atoms with Crippen LogP contribution in [0.5, 0.6) is 0 Å². The van der Waals surface area contributed by atoms with Crippen LogP contribution in [0.2, 0.25) is 5.02 Å². The number of nitrogens with zero attached hydrogens (tertiary/aromatic N) is 2. The van der Waals surface area contributed by atoms with Gasteiger partial charge in [0.2, 0.25) is 5.13 Å². The van der Waals surface area contributed by atoms with Gasteiger partial charge < -0.3 is 10.4 Å². The van der Waals surface area contributed by atoms with E-state index in [9.17, 15) is 5.11 Å². The number of aryl methyl sites for hydroxylation is 1. The Bertz CT molecular complexity index is 486. The van der Waals surface area contributed by atoms with Crippen LogP contribution >= 0.6 is 22.9 Å². The fourth-order valence-electron chi connectivity index (χ4n) is 1.43. The maximum absolute atomic E-state index is 9.38. The molecule has 0 aliphatic carbocycles.